The van der Waals surface area contributed by atoms with Gasteiger partial charge in [0, 0.05) is 23.8 Å². The summed E-state index contributed by atoms with van der Waals surface area (Å²) in [5.41, 5.74) is 5.92. The summed E-state index contributed by atoms with van der Waals surface area (Å²) in [6.45, 7) is 7.74. The van der Waals surface area contributed by atoms with E-state index in [1.807, 2.05) is 33.8 Å². The predicted octanol–water partition coefficient (Wildman–Crippen LogP) is 2.11. The zero-order valence-electron chi connectivity index (χ0n) is 12.9. The van der Waals surface area contributed by atoms with Gasteiger partial charge in [-0.15, -0.1) is 0 Å². The molecule has 6 nitrogen and oxygen atoms in total. The molecule has 0 aliphatic carbocycles. The maximum Gasteiger partial charge on any atom is 0.407 e. The second-order valence-corrected chi connectivity index (χ2v) is 5.87. The van der Waals surface area contributed by atoms with Crippen LogP contribution >= 0.6 is 0 Å². The molecule has 6 heteroatoms. The van der Waals surface area contributed by atoms with Gasteiger partial charge in [0.1, 0.15) is 5.60 Å². The molecule has 21 heavy (non-hydrogen) atoms. The van der Waals surface area contributed by atoms with Crippen LogP contribution in [-0.4, -0.2) is 30.2 Å². The van der Waals surface area contributed by atoms with Crippen LogP contribution in [0.3, 0.4) is 0 Å². The van der Waals surface area contributed by atoms with Crippen molar-refractivity contribution in [1.82, 2.24) is 5.32 Å². The molecule has 0 aromatic heterocycles. The molecule has 1 atom stereocenters. The molecular formula is C15H23N3O3. The lowest BCUT2D eigenvalue weighted by molar-refractivity contribution is 0.0526. The fraction of sp³-hybridized carbons (Fsp3) is 0.467. The number of nitrogens with two attached hydrogens (primary N) is 1. The van der Waals surface area contributed by atoms with E-state index in [0.717, 1.165) is 5.69 Å². The Labute approximate surface area is 125 Å². The summed E-state index contributed by atoms with van der Waals surface area (Å²) in [5, 5.41) is 5.86. The average molecular weight is 293 g/mol. The largest absolute Gasteiger partial charge is 0.444 e. The lowest BCUT2D eigenvalue weighted by Gasteiger charge is -2.21. The Morgan fingerprint density at radius 3 is 2.57 bits per heavy atom. The van der Waals surface area contributed by atoms with Crippen molar-refractivity contribution in [3.8, 4) is 0 Å². The van der Waals surface area contributed by atoms with Gasteiger partial charge in [0.25, 0.3) is 0 Å². The second kappa shape index (κ2) is 6.97. The Hall–Kier alpha value is -2.24. The Bertz CT molecular complexity index is 509. The molecule has 0 aliphatic heterocycles. The molecule has 1 aromatic rings. The monoisotopic (exact) mass is 293 g/mol. The van der Waals surface area contributed by atoms with Crippen LogP contribution in [0.25, 0.3) is 0 Å². The lowest BCUT2D eigenvalue weighted by atomic mass is 10.2. The van der Waals surface area contributed by atoms with E-state index in [1.54, 1.807) is 18.2 Å². The third-order valence-corrected chi connectivity index (χ3v) is 2.51. The fourth-order valence-corrected chi connectivity index (χ4v) is 1.65. The number of hydrogen-bond donors (Lipinski definition) is 3. The molecule has 0 fully saturated rings. The van der Waals surface area contributed by atoms with E-state index in [0.29, 0.717) is 12.1 Å². The summed E-state index contributed by atoms with van der Waals surface area (Å²) >= 11 is 0. The molecule has 116 valence electrons. The van der Waals surface area contributed by atoms with Gasteiger partial charge in [-0.1, -0.05) is 6.07 Å². The number of carbonyl (C=O) groups is 2. The first-order valence-corrected chi connectivity index (χ1v) is 6.80. The van der Waals surface area contributed by atoms with Gasteiger partial charge in [-0.3, -0.25) is 4.79 Å². The fourth-order valence-electron chi connectivity index (χ4n) is 1.65. The summed E-state index contributed by atoms with van der Waals surface area (Å²) in [5.74, 6) is -0.474. The number of hydrogen-bond acceptors (Lipinski definition) is 4. The predicted molar refractivity (Wildman–Crippen MR) is 82.3 cm³/mol. The second-order valence-electron chi connectivity index (χ2n) is 5.87. The Morgan fingerprint density at radius 2 is 2.00 bits per heavy atom. The zero-order chi connectivity index (χ0) is 16.0. The molecule has 4 N–H and O–H groups in total. The van der Waals surface area contributed by atoms with E-state index in [1.165, 1.54) is 0 Å². The van der Waals surface area contributed by atoms with Crippen LogP contribution in [-0.2, 0) is 4.74 Å². The van der Waals surface area contributed by atoms with Crippen molar-refractivity contribution >= 4 is 17.7 Å². The number of amides is 2. The zero-order valence-corrected chi connectivity index (χ0v) is 12.9. The van der Waals surface area contributed by atoms with Crippen molar-refractivity contribution in [2.75, 3.05) is 11.9 Å². The molecule has 2 amide bonds. The smallest absolute Gasteiger partial charge is 0.407 e. The standard InChI is InChI=1S/C15H23N3O3/c1-10(9-17-14(20)21-15(2,3)4)18-12-7-5-6-11(8-12)13(16)19/h5-8,10,18H,9H2,1-4H3,(H2,16,19)(H,17,20). The number of benzene rings is 1. The Morgan fingerprint density at radius 1 is 1.33 bits per heavy atom. The summed E-state index contributed by atoms with van der Waals surface area (Å²) in [7, 11) is 0. The van der Waals surface area contributed by atoms with E-state index in [9.17, 15) is 9.59 Å². The topological polar surface area (TPSA) is 93.4 Å². The van der Waals surface area contributed by atoms with Crippen LogP contribution in [0.1, 0.15) is 38.1 Å². The average Bonchev–Trinajstić information content (AvgIpc) is 2.34. The SMILES string of the molecule is CC(CNC(=O)OC(C)(C)C)Nc1cccc(C(N)=O)c1. The molecule has 0 bridgehead atoms. The number of ether oxygens (including phenoxy) is 1. The summed E-state index contributed by atoms with van der Waals surface area (Å²) < 4.78 is 5.15. The van der Waals surface area contributed by atoms with Crippen LogP contribution in [0.5, 0.6) is 0 Å². The van der Waals surface area contributed by atoms with Gasteiger partial charge in [-0.25, -0.2) is 4.79 Å². The van der Waals surface area contributed by atoms with Crippen LogP contribution in [0.15, 0.2) is 24.3 Å². The third-order valence-electron chi connectivity index (χ3n) is 2.51. The number of carbonyl (C=O) groups excluding carboxylic acids is 2. The molecule has 0 radical (unpaired) electrons. The number of alkyl carbamates (subject to hydrolysis) is 1. The van der Waals surface area contributed by atoms with Gasteiger partial charge >= 0.3 is 6.09 Å². The van der Waals surface area contributed by atoms with Crippen LogP contribution < -0.4 is 16.4 Å². The highest BCUT2D eigenvalue weighted by Crippen LogP contribution is 2.11. The maximum absolute atomic E-state index is 11.5. The minimum atomic E-state index is -0.517. The van der Waals surface area contributed by atoms with Crippen LogP contribution in [0.2, 0.25) is 0 Å². The van der Waals surface area contributed by atoms with E-state index in [2.05, 4.69) is 10.6 Å². The van der Waals surface area contributed by atoms with Gasteiger partial charge in [-0.2, -0.15) is 0 Å². The van der Waals surface area contributed by atoms with Gasteiger partial charge in [-0.05, 0) is 45.9 Å². The highest BCUT2D eigenvalue weighted by atomic mass is 16.6. The minimum absolute atomic E-state index is 0.0272. The maximum atomic E-state index is 11.5. The molecule has 0 heterocycles. The van der Waals surface area contributed by atoms with Crippen molar-refractivity contribution in [2.45, 2.75) is 39.3 Å². The summed E-state index contributed by atoms with van der Waals surface area (Å²) in [6, 6.07) is 6.87. The quantitative estimate of drug-likeness (QED) is 0.775. The number of anilines is 1. The van der Waals surface area contributed by atoms with E-state index < -0.39 is 17.6 Å². The first kappa shape index (κ1) is 16.8. The third kappa shape index (κ3) is 6.65. The van der Waals surface area contributed by atoms with E-state index in [-0.39, 0.29) is 6.04 Å². The normalized spacial score (nSPS) is 12.4. The van der Waals surface area contributed by atoms with E-state index >= 15 is 0 Å². The first-order chi connectivity index (χ1) is 9.67. The highest BCUT2D eigenvalue weighted by molar-refractivity contribution is 5.93. The van der Waals surface area contributed by atoms with E-state index in [4.69, 9.17) is 10.5 Å². The molecule has 1 unspecified atom stereocenters. The molecule has 0 saturated heterocycles. The highest BCUT2D eigenvalue weighted by Gasteiger charge is 2.16. The molecule has 0 aliphatic rings. The van der Waals surface area contributed by atoms with Crippen LogP contribution in [0, 0.1) is 0 Å². The Balaban J connectivity index is 2.47. The first-order valence-electron chi connectivity index (χ1n) is 6.80. The van der Waals surface area contributed by atoms with Gasteiger partial charge in [0.15, 0.2) is 0 Å². The Kier molecular flexibility index (Phi) is 5.58. The summed E-state index contributed by atoms with van der Waals surface area (Å²) in [4.78, 5) is 22.6. The minimum Gasteiger partial charge on any atom is -0.444 e. The molecular weight excluding hydrogens is 270 g/mol. The molecule has 0 saturated carbocycles. The number of primary amides is 1. The molecule has 0 spiro atoms. The number of nitrogens with one attached hydrogen (secondary N) is 2. The van der Waals surface area contributed by atoms with Gasteiger partial charge in [0.05, 0.1) is 0 Å². The van der Waals surface area contributed by atoms with Crippen molar-refractivity contribution in [3.63, 3.8) is 0 Å². The summed E-state index contributed by atoms with van der Waals surface area (Å²) in [6.07, 6.45) is -0.456. The van der Waals surface area contributed by atoms with Crippen molar-refractivity contribution < 1.29 is 14.3 Å². The number of rotatable bonds is 5. The van der Waals surface area contributed by atoms with Crippen LogP contribution in [0.4, 0.5) is 10.5 Å². The molecule has 1 aromatic carbocycles. The van der Waals surface area contributed by atoms with Crippen molar-refractivity contribution in [2.24, 2.45) is 5.73 Å². The molecule has 1 rings (SSSR count). The van der Waals surface area contributed by atoms with Crippen molar-refractivity contribution in [3.05, 3.63) is 29.8 Å². The van der Waals surface area contributed by atoms with Gasteiger partial charge < -0.3 is 21.1 Å². The van der Waals surface area contributed by atoms with Gasteiger partial charge in [0.2, 0.25) is 5.91 Å². The van der Waals surface area contributed by atoms with Crippen molar-refractivity contribution in [1.29, 1.82) is 0 Å². The lowest BCUT2D eigenvalue weighted by Crippen LogP contribution is -2.38.